The molecule has 71 heavy (non-hydrogen) atoms. The van der Waals surface area contributed by atoms with Crippen molar-refractivity contribution in [2.45, 2.75) is 296 Å². The van der Waals surface area contributed by atoms with Crippen molar-refractivity contribution in [2.75, 3.05) is 13.2 Å². The van der Waals surface area contributed by atoms with Crippen molar-refractivity contribution in [1.29, 1.82) is 0 Å². The minimum atomic E-state index is -0.778. The molecule has 0 aliphatic heterocycles. The summed E-state index contributed by atoms with van der Waals surface area (Å²) in [5, 5.41) is 9.65. The highest BCUT2D eigenvalue weighted by molar-refractivity contribution is 5.70. The van der Waals surface area contributed by atoms with Gasteiger partial charge in [-0.1, -0.05) is 278 Å². The molecular weight excluding hydrogens is 873 g/mol. The zero-order chi connectivity index (χ0) is 51.3. The van der Waals surface area contributed by atoms with Crippen LogP contribution < -0.4 is 0 Å². The van der Waals surface area contributed by atoms with Crippen LogP contribution in [0, 0.1) is 0 Å². The summed E-state index contributed by atoms with van der Waals surface area (Å²) >= 11 is 0. The molecule has 1 atom stereocenters. The van der Waals surface area contributed by atoms with E-state index < -0.39 is 6.10 Å². The first kappa shape index (κ1) is 67.8. The van der Waals surface area contributed by atoms with E-state index in [0.717, 1.165) is 89.9 Å². The van der Waals surface area contributed by atoms with Crippen molar-refractivity contribution in [3.05, 3.63) is 97.2 Å². The van der Waals surface area contributed by atoms with E-state index in [1.165, 1.54) is 173 Å². The van der Waals surface area contributed by atoms with Gasteiger partial charge in [-0.05, 0) is 96.3 Å². The minimum Gasteiger partial charge on any atom is -0.462 e. The second-order valence-corrected chi connectivity index (χ2v) is 20.0. The third kappa shape index (κ3) is 59.3. The zero-order valence-corrected chi connectivity index (χ0v) is 46.7. The third-order valence-electron chi connectivity index (χ3n) is 13.1. The number of unbranched alkanes of at least 4 members (excludes halogenated alkanes) is 31. The van der Waals surface area contributed by atoms with Gasteiger partial charge in [0.25, 0.3) is 0 Å². The van der Waals surface area contributed by atoms with Gasteiger partial charge in [0.1, 0.15) is 6.61 Å². The Morgan fingerprint density at radius 3 is 0.915 bits per heavy atom. The van der Waals surface area contributed by atoms with Gasteiger partial charge in [0.2, 0.25) is 0 Å². The van der Waals surface area contributed by atoms with Gasteiger partial charge in [-0.25, -0.2) is 0 Å². The summed E-state index contributed by atoms with van der Waals surface area (Å²) in [6, 6.07) is 0. The van der Waals surface area contributed by atoms with Gasteiger partial charge in [0.05, 0.1) is 6.61 Å². The van der Waals surface area contributed by atoms with E-state index in [-0.39, 0.29) is 25.2 Å². The van der Waals surface area contributed by atoms with Gasteiger partial charge in [-0.3, -0.25) is 9.59 Å². The minimum absolute atomic E-state index is 0.0701. The molecule has 0 aliphatic rings. The number of hydrogen-bond donors (Lipinski definition) is 1. The Morgan fingerprint density at radius 2 is 0.606 bits per heavy atom. The maximum atomic E-state index is 12.3. The van der Waals surface area contributed by atoms with Gasteiger partial charge >= 0.3 is 11.9 Å². The largest absolute Gasteiger partial charge is 0.462 e. The Labute approximate surface area is 440 Å². The molecule has 0 saturated heterocycles. The average molecular weight is 988 g/mol. The fourth-order valence-electron chi connectivity index (χ4n) is 8.59. The molecule has 1 N–H and O–H groups in total. The summed E-state index contributed by atoms with van der Waals surface area (Å²) < 4.78 is 10.7. The van der Waals surface area contributed by atoms with E-state index in [1.54, 1.807) is 0 Å². The summed E-state index contributed by atoms with van der Waals surface area (Å²) in [5.41, 5.74) is 0. The van der Waals surface area contributed by atoms with Crippen LogP contribution in [0.2, 0.25) is 0 Å². The van der Waals surface area contributed by atoms with E-state index in [1.807, 2.05) is 0 Å². The number of ether oxygens (including phenoxy) is 2. The fourth-order valence-corrected chi connectivity index (χ4v) is 8.59. The molecule has 0 radical (unpaired) electrons. The quantitative estimate of drug-likeness (QED) is 0.0373. The molecule has 0 aromatic carbocycles. The number of hydrogen-bond acceptors (Lipinski definition) is 5. The maximum absolute atomic E-state index is 12.3. The SMILES string of the molecule is CC/C=C\C/C=C\C/C=C\C/C=C\C/C=C\C/C=C\CCCCCCCCCCCCCCCCCCCCCCC(=O)OC(CO)COC(=O)CCCCCCCCC/C=C\C/C=C\CCCCCC. The van der Waals surface area contributed by atoms with Crippen LogP contribution >= 0.6 is 0 Å². The first-order valence-corrected chi connectivity index (χ1v) is 30.3. The molecule has 1 unspecified atom stereocenters. The van der Waals surface area contributed by atoms with Crippen LogP contribution in [0.1, 0.15) is 290 Å². The Kier molecular flexibility index (Phi) is 58.4. The monoisotopic (exact) mass is 987 g/mol. The highest BCUT2D eigenvalue weighted by Gasteiger charge is 2.16. The van der Waals surface area contributed by atoms with Crippen LogP contribution in [0.4, 0.5) is 0 Å². The first-order valence-electron chi connectivity index (χ1n) is 30.3. The van der Waals surface area contributed by atoms with Crippen LogP contribution in [0.15, 0.2) is 97.2 Å². The molecule has 0 rings (SSSR count). The van der Waals surface area contributed by atoms with Crippen molar-refractivity contribution in [3.8, 4) is 0 Å². The van der Waals surface area contributed by atoms with Crippen LogP contribution in [-0.2, 0) is 19.1 Å². The third-order valence-corrected chi connectivity index (χ3v) is 13.1. The smallest absolute Gasteiger partial charge is 0.306 e. The Morgan fingerprint density at radius 1 is 0.338 bits per heavy atom. The van der Waals surface area contributed by atoms with Gasteiger partial charge in [-0.15, -0.1) is 0 Å². The molecule has 5 nitrogen and oxygen atoms in total. The van der Waals surface area contributed by atoms with Crippen LogP contribution in [0.5, 0.6) is 0 Å². The molecule has 5 heteroatoms. The number of esters is 2. The number of aliphatic hydroxyl groups is 1. The highest BCUT2D eigenvalue weighted by Crippen LogP contribution is 2.17. The molecule has 0 spiro atoms. The van der Waals surface area contributed by atoms with E-state index in [9.17, 15) is 14.7 Å². The lowest BCUT2D eigenvalue weighted by Gasteiger charge is -2.15. The summed E-state index contributed by atoms with van der Waals surface area (Å²) in [6.45, 7) is 4.02. The fraction of sp³-hybridized carbons (Fsp3) is 0.727. The van der Waals surface area contributed by atoms with Crippen molar-refractivity contribution in [2.24, 2.45) is 0 Å². The maximum Gasteiger partial charge on any atom is 0.306 e. The van der Waals surface area contributed by atoms with E-state index in [2.05, 4.69) is 111 Å². The standard InChI is InChI=1S/C66H114O5/c1-3-5-7-9-11-13-15-17-19-21-23-24-25-26-27-28-29-30-31-32-33-34-35-36-37-38-39-40-41-42-43-45-47-49-51-53-55-57-59-61-66(69)71-64(62-67)63-70-65(68)60-58-56-54-52-50-48-46-44-22-20-18-16-14-12-10-8-6-4-2/h5,7,11,13-14,16-17,19-20,22-24,26-27,29-30,64,67H,3-4,6,8-10,12,15,18,21,25,28,31-63H2,1-2H3/b7-5-,13-11-,16-14-,19-17-,22-20-,24-23-,27-26-,30-29-. The molecule has 0 aromatic rings. The molecule has 0 bridgehead atoms. The number of allylic oxidation sites excluding steroid dienone is 16. The zero-order valence-electron chi connectivity index (χ0n) is 46.7. The molecule has 0 fully saturated rings. The Balaban J connectivity index is 3.45. The Bertz CT molecular complexity index is 1350. The van der Waals surface area contributed by atoms with Crippen molar-refractivity contribution >= 4 is 11.9 Å². The summed E-state index contributed by atoms with van der Waals surface area (Å²) in [4.78, 5) is 24.5. The molecule has 0 amide bonds. The summed E-state index contributed by atoms with van der Waals surface area (Å²) in [6.07, 6.45) is 86.9. The Hall–Kier alpha value is -3.18. The van der Waals surface area contributed by atoms with Crippen LogP contribution in [0.25, 0.3) is 0 Å². The van der Waals surface area contributed by atoms with Crippen LogP contribution in [0.3, 0.4) is 0 Å². The van der Waals surface area contributed by atoms with E-state index in [4.69, 9.17) is 9.47 Å². The average Bonchev–Trinajstić information content (AvgIpc) is 3.37. The van der Waals surface area contributed by atoms with E-state index in [0.29, 0.717) is 12.8 Å². The first-order chi connectivity index (χ1) is 35.1. The van der Waals surface area contributed by atoms with E-state index >= 15 is 0 Å². The summed E-state index contributed by atoms with van der Waals surface area (Å²) in [7, 11) is 0. The molecule has 0 aliphatic carbocycles. The lowest BCUT2D eigenvalue weighted by Crippen LogP contribution is -2.28. The molecule has 0 heterocycles. The molecule has 0 saturated carbocycles. The predicted octanol–water partition coefficient (Wildman–Crippen LogP) is 20.7. The van der Waals surface area contributed by atoms with Crippen molar-refractivity contribution < 1.29 is 24.2 Å². The van der Waals surface area contributed by atoms with Gasteiger partial charge in [0.15, 0.2) is 6.10 Å². The molecule has 0 aromatic heterocycles. The second kappa shape index (κ2) is 61.1. The highest BCUT2D eigenvalue weighted by atomic mass is 16.6. The second-order valence-electron chi connectivity index (χ2n) is 20.0. The number of rotatable bonds is 55. The number of carbonyl (C=O) groups excluding carboxylic acids is 2. The predicted molar refractivity (Wildman–Crippen MR) is 311 cm³/mol. The van der Waals surface area contributed by atoms with Gasteiger partial charge in [-0.2, -0.15) is 0 Å². The van der Waals surface area contributed by atoms with Crippen molar-refractivity contribution in [1.82, 2.24) is 0 Å². The number of aliphatic hydroxyl groups excluding tert-OH is 1. The summed E-state index contributed by atoms with van der Waals surface area (Å²) in [5.74, 6) is -0.592. The van der Waals surface area contributed by atoms with Crippen molar-refractivity contribution in [3.63, 3.8) is 0 Å². The molecular formula is C66H114O5. The topological polar surface area (TPSA) is 72.8 Å². The van der Waals surface area contributed by atoms with Crippen LogP contribution in [-0.4, -0.2) is 36.4 Å². The van der Waals surface area contributed by atoms with Gasteiger partial charge < -0.3 is 14.6 Å². The van der Waals surface area contributed by atoms with Gasteiger partial charge in [0, 0.05) is 12.8 Å². The molecule has 408 valence electrons. The lowest BCUT2D eigenvalue weighted by atomic mass is 10.0. The normalized spacial score (nSPS) is 12.9. The lowest BCUT2D eigenvalue weighted by molar-refractivity contribution is -0.161. The number of carbonyl (C=O) groups is 2.